The van der Waals surface area contributed by atoms with Crippen LogP contribution in [-0.4, -0.2) is 20.1 Å². The van der Waals surface area contributed by atoms with Crippen molar-refractivity contribution in [1.29, 1.82) is 0 Å². The molecule has 1 amide bonds. The van der Waals surface area contributed by atoms with E-state index < -0.39 is 0 Å². The molecule has 0 radical (unpaired) electrons. The van der Waals surface area contributed by atoms with Crippen molar-refractivity contribution < 1.29 is 14.3 Å². The molecule has 4 heteroatoms. The SMILES string of the molecule is COc1ccc(OC)c([C@@H](C)NC(=O)Cc2ccc3c(c2)CCC3)c1. The molecule has 4 nitrogen and oxygen atoms in total. The van der Waals surface area contributed by atoms with Crippen molar-refractivity contribution in [2.75, 3.05) is 14.2 Å². The van der Waals surface area contributed by atoms with Crippen molar-refractivity contribution >= 4 is 5.91 Å². The molecule has 1 atom stereocenters. The first-order chi connectivity index (χ1) is 12.1. The summed E-state index contributed by atoms with van der Waals surface area (Å²) in [6.45, 7) is 1.96. The Morgan fingerprint density at radius 1 is 1.08 bits per heavy atom. The smallest absolute Gasteiger partial charge is 0.224 e. The molecule has 25 heavy (non-hydrogen) atoms. The fraction of sp³-hybridized carbons (Fsp3) is 0.381. The first-order valence-corrected chi connectivity index (χ1v) is 8.72. The van der Waals surface area contributed by atoms with Crippen LogP contribution in [0.15, 0.2) is 36.4 Å². The molecule has 1 aliphatic carbocycles. The van der Waals surface area contributed by atoms with Gasteiger partial charge in [0, 0.05) is 5.56 Å². The number of amides is 1. The van der Waals surface area contributed by atoms with Gasteiger partial charge in [-0.25, -0.2) is 0 Å². The van der Waals surface area contributed by atoms with E-state index in [1.807, 2.05) is 25.1 Å². The van der Waals surface area contributed by atoms with Gasteiger partial charge in [0.2, 0.25) is 5.91 Å². The third kappa shape index (κ3) is 3.95. The van der Waals surface area contributed by atoms with Crippen LogP contribution >= 0.6 is 0 Å². The summed E-state index contributed by atoms with van der Waals surface area (Å²) < 4.78 is 10.7. The molecule has 1 N–H and O–H groups in total. The number of rotatable bonds is 6. The number of carbonyl (C=O) groups is 1. The maximum Gasteiger partial charge on any atom is 0.224 e. The van der Waals surface area contributed by atoms with Gasteiger partial charge >= 0.3 is 0 Å². The molecule has 0 saturated carbocycles. The molecule has 0 heterocycles. The Bertz CT molecular complexity index is 770. The number of nitrogens with one attached hydrogen (secondary N) is 1. The van der Waals surface area contributed by atoms with Crippen LogP contribution in [0, 0.1) is 0 Å². The molecular formula is C21H25NO3. The van der Waals surface area contributed by atoms with Crippen molar-refractivity contribution in [1.82, 2.24) is 5.32 Å². The van der Waals surface area contributed by atoms with E-state index in [1.54, 1.807) is 14.2 Å². The van der Waals surface area contributed by atoms with Gasteiger partial charge in [-0.3, -0.25) is 4.79 Å². The fourth-order valence-electron chi connectivity index (χ4n) is 3.47. The van der Waals surface area contributed by atoms with Crippen molar-refractivity contribution in [3.8, 4) is 11.5 Å². The second kappa shape index (κ2) is 7.60. The number of hydrogen-bond donors (Lipinski definition) is 1. The summed E-state index contributed by atoms with van der Waals surface area (Å²) >= 11 is 0. The highest BCUT2D eigenvalue weighted by Gasteiger charge is 2.17. The van der Waals surface area contributed by atoms with E-state index >= 15 is 0 Å². The monoisotopic (exact) mass is 339 g/mol. The zero-order valence-corrected chi connectivity index (χ0v) is 15.1. The van der Waals surface area contributed by atoms with Crippen molar-refractivity contribution in [2.24, 2.45) is 0 Å². The third-order valence-electron chi connectivity index (χ3n) is 4.81. The Morgan fingerprint density at radius 2 is 1.88 bits per heavy atom. The van der Waals surface area contributed by atoms with E-state index in [0.29, 0.717) is 6.42 Å². The van der Waals surface area contributed by atoms with E-state index in [-0.39, 0.29) is 11.9 Å². The predicted octanol–water partition coefficient (Wildman–Crippen LogP) is 3.61. The van der Waals surface area contributed by atoms with E-state index in [0.717, 1.165) is 35.5 Å². The molecule has 0 bridgehead atoms. The van der Waals surface area contributed by atoms with E-state index in [1.165, 1.54) is 17.5 Å². The lowest BCUT2D eigenvalue weighted by atomic mass is 10.0. The summed E-state index contributed by atoms with van der Waals surface area (Å²) in [7, 11) is 3.26. The predicted molar refractivity (Wildman–Crippen MR) is 98.3 cm³/mol. The number of aryl methyl sites for hydroxylation is 2. The van der Waals surface area contributed by atoms with E-state index in [4.69, 9.17) is 9.47 Å². The number of carbonyl (C=O) groups excluding carboxylic acids is 1. The van der Waals surface area contributed by atoms with Gasteiger partial charge in [0.15, 0.2) is 0 Å². The Balaban J connectivity index is 1.68. The maximum absolute atomic E-state index is 12.5. The Kier molecular flexibility index (Phi) is 5.27. The van der Waals surface area contributed by atoms with Gasteiger partial charge in [-0.2, -0.15) is 0 Å². The largest absolute Gasteiger partial charge is 0.497 e. The molecule has 2 aromatic carbocycles. The van der Waals surface area contributed by atoms with Crippen LogP contribution in [-0.2, 0) is 24.1 Å². The summed E-state index contributed by atoms with van der Waals surface area (Å²) in [4.78, 5) is 12.5. The molecule has 0 spiro atoms. The fourth-order valence-corrected chi connectivity index (χ4v) is 3.47. The quantitative estimate of drug-likeness (QED) is 0.874. The van der Waals surface area contributed by atoms with E-state index in [9.17, 15) is 4.79 Å². The molecule has 3 rings (SSSR count). The zero-order chi connectivity index (χ0) is 17.8. The molecule has 1 aliphatic rings. The topological polar surface area (TPSA) is 47.6 Å². The van der Waals surface area contributed by atoms with Crippen molar-refractivity contribution in [2.45, 2.75) is 38.6 Å². The summed E-state index contributed by atoms with van der Waals surface area (Å²) in [6, 6.07) is 11.9. The highest BCUT2D eigenvalue weighted by atomic mass is 16.5. The van der Waals surface area contributed by atoms with Crippen LogP contribution in [0.3, 0.4) is 0 Å². The summed E-state index contributed by atoms with van der Waals surface area (Å²) in [5.41, 5.74) is 4.80. The van der Waals surface area contributed by atoms with Crippen LogP contribution in [0.4, 0.5) is 0 Å². The van der Waals surface area contributed by atoms with Crippen LogP contribution in [0.5, 0.6) is 11.5 Å². The van der Waals surface area contributed by atoms with Crippen LogP contribution in [0.25, 0.3) is 0 Å². The third-order valence-corrected chi connectivity index (χ3v) is 4.81. The average Bonchev–Trinajstić information content (AvgIpc) is 3.08. The van der Waals surface area contributed by atoms with Crippen LogP contribution in [0.2, 0.25) is 0 Å². The molecule has 0 aliphatic heterocycles. The van der Waals surface area contributed by atoms with E-state index in [2.05, 4.69) is 23.5 Å². The minimum Gasteiger partial charge on any atom is -0.497 e. The van der Waals surface area contributed by atoms with Gasteiger partial charge < -0.3 is 14.8 Å². The number of fused-ring (bicyclic) bond motifs is 1. The average molecular weight is 339 g/mol. The van der Waals surface area contributed by atoms with Crippen molar-refractivity contribution in [3.05, 3.63) is 58.7 Å². The van der Waals surface area contributed by atoms with Gasteiger partial charge in [-0.1, -0.05) is 18.2 Å². The maximum atomic E-state index is 12.5. The number of methoxy groups -OCH3 is 2. The Labute approximate surface area is 149 Å². The summed E-state index contributed by atoms with van der Waals surface area (Å²) in [5, 5.41) is 3.06. The first-order valence-electron chi connectivity index (χ1n) is 8.72. The molecular weight excluding hydrogens is 314 g/mol. The highest BCUT2D eigenvalue weighted by Crippen LogP contribution is 2.29. The second-order valence-corrected chi connectivity index (χ2v) is 6.53. The number of hydrogen-bond acceptors (Lipinski definition) is 3. The molecule has 2 aromatic rings. The molecule has 0 aromatic heterocycles. The lowest BCUT2D eigenvalue weighted by molar-refractivity contribution is -0.121. The lowest BCUT2D eigenvalue weighted by Crippen LogP contribution is -2.28. The summed E-state index contributed by atoms with van der Waals surface area (Å²) in [5.74, 6) is 1.50. The standard InChI is InChI=1S/C21H25NO3/c1-14(19-13-18(24-2)9-10-20(19)25-3)22-21(23)12-15-7-8-16-5-4-6-17(16)11-15/h7-11,13-14H,4-6,12H2,1-3H3,(H,22,23)/t14-/m1/s1. The van der Waals surface area contributed by atoms with Gasteiger partial charge in [0.1, 0.15) is 11.5 Å². The van der Waals surface area contributed by atoms with Crippen LogP contribution < -0.4 is 14.8 Å². The number of benzene rings is 2. The highest BCUT2D eigenvalue weighted by molar-refractivity contribution is 5.79. The normalized spacial score (nSPS) is 13.9. The zero-order valence-electron chi connectivity index (χ0n) is 15.1. The van der Waals surface area contributed by atoms with Crippen LogP contribution in [0.1, 0.15) is 41.6 Å². The second-order valence-electron chi connectivity index (χ2n) is 6.53. The minimum absolute atomic E-state index is 0.00956. The van der Waals surface area contributed by atoms with Crippen molar-refractivity contribution in [3.63, 3.8) is 0 Å². The Hall–Kier alpha value is -2.49. The Morgan fingerprint density at radius 3 is 2.64 bits per heavy atom. The van der Waals surface area contributed by atoms with Gasteiger partial charge in [0.25, 0.3) is 0 Å². The van der Waals surface area contributed by atoms with Gasteiger partial charge in [-0.15, -0.1) is 0 Å². The lowest BCUT2D eigenvalue weighted by Gasteiger charge is -2.18. The first kappa shape index (κ1) is 17.3. The van der Waals surface area contributed by atoms with Gasteiger partial charge in [-0.05, 0) is 61.1 Å². The molecule has 0 saturated heterocycles. The van der Waals surface area contributed by atoms with Gasteiger partial charge in [0.05, 0.1) is 26.7 Å². The molecule has 0 unspecified atom stereocenters. The minimum atomic E-state index is -0.160. The molecule has 132 valence electrons. The molecule has 0 fully saturated rings. The summed E-state index contributed by atoms with van der Waals surface area (Å²) in [6.07, 6.45) is 3.90. The number of ether oxygens (including phenoxy) is 2.